The molecule has 0 amide bonds. The highest BCUT2D eigenvalue weighted by atomic mass is 15.1. The van der Waals surface area contributed by atoms with Crippen LogP contribution in [0, 0.1) is 12.8 Å². The molecule has 0 spiro atoms. The molecule has 0 atom stereocenters. The molecule has 0 saturated carbocycles. The molecule has 0 aliphatic heterocycles. The predicted molar refractivity (Wildman–Crippen MR) is 78.3 cm³/mol. The van der Waals surface area contributed by atoms with Crippen molar-refractivity contribution in [2.75, 3.05) is 24.2 Å². The highest BCUT2D eigenvalue weighted by Crippen LogP contribution is 2.20. The smallest absolute Gasteiger partial charge is 0.134 e. The zero-order valence-electron chi connectivity index (χ0n) is 12.3. The SMILES string of the molecule is CCc1nc(NC)c(C)c(NCC(CC)CC)n1. The summed E-state index contributed by atoms with van der Waals surface area (Å²) < 4.78 is 0. The first-order chi connectivity index (χ1) is 8.65. The van der Waals surface area contributed by atoms with Gasteiger partial charge in [-0.1, -0.05) is 33.6 Å². The van der Waals surface area contributed by atoms with Crippen LogP contribution in [0.25, 0.3) is 0 Å². The first kappa shape index (κ1) is 14.7. The largest absolute Gasteiger partial charge is 0.373 e. The summed E-state index contributed by atoms with van der Waals surface area (Å²) in [4.78, 5) is 9.05. The zero-order chi connectivity index (χ0) is 13.5. The topological polar surface area (TPSA) is 49.8 Å². The second-order valence-electron chi connectivity index (χ2n) is 4.63. The van der Waals surface area contributed by atoms with E-state index in [9.17, 15) is 0 Å². The van der Waals surface area contributed by atoms with Crippen LogP contribution in [0.4, 0.5) is 11.6 Å². The van der Waals surface area contributed by atoms with Gasteiger partial charge in [-0.2, -0.15) is 0 Å². The Morgan fingerprint density at radius 1 is 1.06 bits per heavy atom. The van der Waals surface area contributed by atoms with E-state index in [1.807, 2.05) is 7.05 Å². The minimum Gasteiger partial charge on any atom is -0.373 e. The van der Waals surface area contributed by atoms with E-state index in [1.54, 1.807) is 0 Å². The van der Waals surface area contributed by atoms with Gasteiger partial charge in [0.1, 0.15) is 17.5 Å². The Labute approximate surface area is 111 Å². The fraction of sp³-hybridized carbons (Fsp3) is 0.714. The number of anilines is 2. The molecule has 1 aromatic rings. The van der Waals surface area contributed by atoms with Crippen molar-refractivity contribution in [1.29, 1.82) is 0 Å². The number of aromatic nitrogens is 2. The molecule has 102 valence electrons. The average Bonchev–Trinajstić information content (AvgIpc) is 2.41. The molecule has 4 nitrogen and oxygen atoms in total. The summed E-state index contributed by atoms with van der Waals surface area (Å²) in [5, 5.41) is 6.61. The van der Waals surface area contributed by atoms with Crippen LogP contribution in [0.3, 0.4) is 0 Å². The van der Waals surface area contributed by atoms with Crippen LogP contribution in [0.15, 0.2) is 0 Å². The standard InChI is InChI=1S/C14H26N4/c1-6-11(7-2)9-16-14-10(4)13(15-5)17-12(8-3)18-14/h11H,6-9H2,1-5H3,(H2,15,16,17,18). The summed E-state index contributed by atoms with van der Waals surface area (Å²) in [6, 6.07) is 0. The second-order valence-corrected chi connectivity index (χ2v) is 4.63. The van der Waals surface area contributed by atoms with Crippen molar-refractivity contribution in [3.05, 3.63) is 11.4 Å². The molecule has 0 unspecified atom stereocenters. The third-order valence-electron chi connectivity index (χ3n) is 3.46. The first-order valence-corrected chi connectivity index (χ1v) is 6.95. The molecule has 18 heavy (non-hydrogen) atoms. The minimum atomic E-state index is 0.711. The van der Waals surface area contributed by atoms with Gasteiger partial charge in [0, 0.05) is 25.6 Å². The Morgan fingerprint density at radius 2 is 1.67 bits per heavy atom. The maximum atomic E-state index is 4.58. The molecular weight excluding hydrogens is 224 g/mol. The Hall–Kier alpha value is -1.32. The van der Waals surface area contributed by atoms with E-state index in [1.165, 1.54) is 12.8 Å². The van der Waals surface area contributed by atoms with E-state index in [4.69, 9.17) is 0 Å². The van der Waals surface area contributed by atoms with Crippen molar-refractivity contribution in [3.8, 4) is 0 Å². The lowest BCUT2D eigenvalue weighted by Crippen LogP contribution is -2.16. The summed E-state index contributed by atoms with van der Waals surface area (Å²) >= 11 is 0. The number of nitrogens with one attached hydrogen (secondary N) is 2. The molecular formula is C14H26N4. The lowest BCUT2D eigenvalue weighted by Gasteiger charge is -2.17. The number of hydrogen-bond donors (Lipinski definition) is 2. The van der Waals surface area contributed by atoms with Crippen LogP contribution in [0.1, 0.15) is 45.0 Å². The molecule has 1 heterocycles. The van der Waals surface area contributed by atoms with Crippen molar-refractivity contribution >= 4 is 11.6 Å². The van der Waals surface area contributed by atoms with E-state index < -0.39 is 0 Å². The van der Waals surface area contributed by atoms with Gasteiger partial charge in [-0.15, -0.1) is 0 Å². The van der Waals surface area contributed by atoms with Crippen LogP contribution in [0.2, 0.25) is 0 Å². The van der Waals surface area contributed by atoms with Gasteiger partial charge in [0.15, 0.2) is 0 Å². The van der Waals surface area contributed by atoms with E-state index in [0.29, 0.717) is 5.92 Å². The van der Waals surface area contributed by atoms with Gasteiger partial charge in [-0.05, 0) is 12.8 Å². The van der Waals surface area contributed by atoms with Gasteiger partial charge in [-0.25, -0.2) is 9.97 Å². The lowest BCUT2D eigenvalue weighted by atomic mass is 10.0. The third-order valence-corrected chi connectivity index (χ3v) is 3.46. The Balaban J connectivity index is 2.86. The molecule has 0 radical (unpaired) electrons. The van der Waals surface area contributed by atoms with Crippen molar-refractivity contribution in [1.82, 2.24) is 9.97 Å². The molecule has 1 aromatic heterocycles. The number of aryl methyl sites for hydroxylation is 1. The summed E-state index contributed by atoms with van der Waals surface area (Å²) in [5.41, 5.74) is 1.10. The third kappa shape index (κ3) is 3.59. The van der Waals surface area contributed by atoms with E-state index in [-0.39, 0.29) is 0 Å². The molecule has 0 saturated heterocycles. The molecule has 0 aromatic carbocycles. The highest BCUT2D eigenvalue weighted by Gasteiger charge is 2.10. The molecule has 4 heteroatoms. The monoisotopic (exact) mass is 250 g/mol. The maximum Gasteiger partial charge on any atom is 0.134 e. The van der Waals surface area contributed by atoms with Crippen molar-refractivity contribution < 1.29 is 0 Å². The van der Waals surface area contributed by atoms with Crippen LogP contribution in [-0.4, -0.2) is 23.6 Å². The van der Waals surface area contributed by atoms with E-state index in [2.05, 4.69) is 48.3 Å². The van der Waals surface area contributed by atoms with Gasteiger partial charge < -0.3 is 10.6 Å². The van der Waals surface area contributed by atoms with E-state index >= 15 is 0 Å². The molecule has 0 fully saturated rings. The first-order valence-electron chi connectivity index (χ1n) is 6.95. The normalized spacial score (nSPS) is 10.8. The summed E-state index contributed by atoms with van der Waals surface area (Å²) in [7, 11) is 1.90. The Kier molecular flexibility index (Phi) is 5.89. The highest BCUT2D eigenvalue weighted by molar-refractivity contribution is 5.56. The maximum absolute atomic E-state index is 4.58. The molecule has 1 rings (SSSR count). The van der Waals surface area contributed by atoms with Gasteiger partial charge in [0.2, 0.25) is 0 Å². The number of rotatable bonds is 7. The molecule has 0 aliphatic rings. The fourth-order valence-electron chi connectivity index (χ4n) is 1.95. The average molecular weight is 250 g/mol. The number of hydrogen-bond acceptors (Lipinski definition) is 4. The number of nitrogens with zero attached hydrogens (tertiary/aromatic N) is 2. The summed E-state index contributed by atoms with van der Waals surface area (Å²) in [5.74, 6) is 3.49. The fourth-order valence-corrected chi connectivity index (χ4v) is 1.95. The van der Waals surface area contributed by atoms with Gasteiger partial charge in [0.25, 0.3) is 0 Å². The van der Waals surface area contributed by atoms with Crippen molar-refractivity contribution in [2.24, 2.45) is 5.92 Å². The molecule has 0 aliphatic carbocycles. The summed E-state index contributed by atoms with van der Waals surface area (Å²) in [6.45, 7) is 9.59. The molecule has 2 N–H and O–H groups in total. The Morgan fingerprint density at radius 3 is 2.17 bits per heavy atom. The van der Waals surface area contributed by atoms with Gasteiger partial charge in [0.05, 0.1) is 0 Å². The van der Waals surface area contributed by atoms with Gasteiger partial charge >= 0.3 is 0 Å². The van der Waals surface area contributed by atoms with Crippen LogP contribution < -0.4 is 10.6 Å². The van der Waals surface area contributed by atoms with Crippen LogP contribution in [-0.2, 0) is 6.42 Å². The molecule has 0 bridgehead atoms. The van der Waals surface area contributed by atoms with Crippen molar-refractivity contribution in [2.45, 2.75) is 47.0 Å². The zero-order valence-corrected chi connectivity index (χ0v) is 12.3. The van der Waals surface area contributed by atoms with Crippen LogP contribution in [0.5, 0.6) is 0 Å². The Bertz CT molecular complexity index is 372. The van der Waals surface area contributed by atoms with Gasteiger partial charge in [-0.3, -0.25) is 0 Å². The quantitative estimate of drug-likeness (QED) is 0.780. The lowest BCUT2D eigenvalue weighted by molar-refractivity contribution is 0.518. The van der Waals surface area contributed by atoms with Crippen molar-refractivity contribution in [3.63, 3.8) is 0 Å². The minimum absolute atomic E-state index is 0.711. The van der Waals surface area contributed by atoms with E-state index in [0.717, 1.165) is 36.0 Å². The predicted octanol–water partition coefficient (Wildman–Crippen LogP) is 3.24. The van der Waals surface area contributed by atoms with Crippen LogP contribution >= 0.6 is 0 Å². The summed E-state index contributed by atoms with van der Waals surface area (Å²) in [6.07, 6.45) is 3.26. The second kappa shape index (κ2) is 7.19.